The minimum Gasteiger partial charge on any atom is -0.345 e. The Labute approximate surface area is 231 Å². The second kappa shape index (κ2) is 13.9. The van der Waals surface area contributed by atoms with Gasteiger partial charge in [-0.05, 0) is 60.2 Å². The van der Waals surface area contributed by atoms with Crippen molar-refractivity contribution < 1.29 is 14.0 Å². The van der Waals surface area contributed by atoms with Gasteiger partial charge >= 0.3 is 0 Å². The van der Waals surface area contributed by atoms with Gasteiger partial charge in [-0.1, -0.05) is 75.6 Å². The lowest BCUT2D eigenvalue weighted by Gasteiger charge is -2.36. The number of aromatic nitrogens is 1. The number of hydrogen-bond donors (Lipinski definition) is 0. The van der Waals surface area contributed by atoms with E-state index in [4.69, 9.17) is 0 Å². The lowest BCUT2D eigenvalue weighted by atomic mass is 9.94. The van der Waals surface area contributed by atoms with E-state index in [0.29, 0.717) is 19.6 Å². The van der Waals surface area contributed by atoms with Crippen LogP contribution in [0.5, 0.6) is 0 Å². The lowest BCUT2D eigenvalue weighted by molar-refractivity contribution is -0.141. The molecule has 0 atom stereocenters. The van der Waals surface area contributed by atoms with Crippen LogP contribution in [0, 0.1) is 11.7 Å². The number of benzene rings is 2. The Morgan fingerprint density at radius 1 is 0.974 bits per heavy atom. The maximum atomic E-state index is 13.9. The Balaban J connectivity index is 1.51. The van der Waals surface area contributed by atoms with Crippen LogP contribution in [0.1, 0.15) is 62.8 Å². The van der Waals surface area contributed by atoms with E-state index >= 15 is 0 Å². The third-order valence-electron chi connectivity index (χ3n) is 7.30. The Morgan fingerprint density at radius 2 is 1.69 bits per heavy atom. The predicted molar refractivity (Wildman–Crippen MR) is 154 cm³/mol. The molecule has 3 aromatic rings. The van der Waals surface area contributed by atoms with Crippen LogP contribution in [-0.4, -0.2) is 45.3 Å². The minimum absolute atomic E-state index is 0.0152. The van der Waals surface area contributed by atoms with Crippen LogP contribution < -0.4 is 0 Å². The van der Waals surface area contributed by atoms with Crippen LogP contribution in [0.25, 0.3) is 6.08 Å². The molecule has 39 heavy (non-hydrogen) atoms. The number of carbonyl (C=O) groups excluding carboxylic acids is 2. The van der Waals surface area contributed by atoms with Crippen LogP contribution in [0.15, 0.2) is 79.0 Å². The summed E-state index contributed by atoms with van der Waals surface area (Å²) in [4.78, 5) is 30.8. The highest BCUT2D eigenvalue weighted by Crippen LogP contribution is 2.25. The van der Waals surface area contributed by atoms with E-state index in [9.17, 15) is 14.0 Å². The molecular weight excluding hydrogens is 489 g/mol. The summed E-state index contributed by atoms with van der Waals surface area (Å²) in [5.41, 5.74) is 2.99. The van der Waals surface area contributed by atoms with Crippen molar-refractivity contribution >= 4 is 17.9 Å². The van der Waals surface area contributed by atoms with Gasteiger partial charge in [0.2, 0.25) is 11.8 Å². The highest BCUT2D eigenvalue weighted by atomic mass is 19.1. The van der Waals surface area contributed by atoms with E-state index in [-0.39, 0.29) is 36.1 Å². The van der Waals surface area contributed by atoms with Crippen LogP contribution >= 0.6 is 0 Å². The molecule has 1 aliphatic carbocycles. The molecule has 2 aromatic carbocycles. The number of carbonyl (C=O) groups is 2. The zero-order valence-electron chi connectivity index (χ0n) is 23.1. The van der Waals surface area contributed by atoms with Crippen molar-refractivity contribution in [1.82, 2.24) is 14.4 Å². The van der Waals surface area contributed by atoms with Crippen molar-refractivity contribution in [2.24, 2.45) is 5.92 Å². The van der Waals surface area contributed by atoms with E-state index in [1.165, 1.54) is 18.6 Å². The molecule has 0 bridgehead atoms. The van der Waals surface area contributed by atoms with Crippen molar-refractivity contribution in [2.45, 2.75) is 65.1 Å². The van der Waals surface area contributed by atoms with E-state index in [0.717, 1.165) is 42.5 Å². The maximum Gasteiger partial charge on any atom is 0.247 e. The van der Waals surface area contributed by atoms with Gasteiger partial charge in [0, 0.05) is 37.1 Å². The number of rotatable bonds is 11. The molecule has 0 saturated heterocycles. The minimum atomic E-state index is -0.250. The summed E-state index contributed by atoms with van der Waals surface area (Å²) in [6, 6.07) is 20.5. The SMILES string of the molecule is CC(C)CN(CC(=O)N(Cc1cccn1Cc1ccc(F)cc1)C1CCCCC1)C(=O)/C=C/c1ccccc1. The van der Waals surface area contributed by atoms with Crippen LogP contribution in [0.3, 0.4) is 0 Å². The normalized spacial score (nSPS) is 14.2. The third kappa shape index (κ3) is 8.41. The molecule has 0 spiro atoms. The first-order valence-electron chi connectivity index (χ1n) is 14.1. The average Bonchev–Trinajstić information content (AvgIpc) is 3.38. The monoisotopic (exact) mass is 529 g/mol. The number of hydrogen-bond acceptors (Lipinski definition) is 2. The van der Waals surface area contributed by atoms with Crippen molar-refractivity contribution in [3.8, 4) is 0 Å². The number of nitrogens with zero attached hydrogens (tertiary/aromatic N) is 3. The molecule has 0 radical (unpaired) electrons. The highest BCUT2D eigenvalue weighted by Gasteiger charge is 2.28. The summed E-state index contributed by atoms with van der Waals surface area (Å²) < 4.78 is 15.5. The van der Waals surface area contributed by atoms with Gasteiger partial charge in [-0.3, -0.25) is 9.59 Å². The molecule has 4 rings (SSSR count). The van der Waals surface area contributed by atoms with Crippen LogP contribution in [0.2, 0.25) is 0 Å². The van der Waals surface area contributed by atoms with Gasteiger partial charge in [0.25, 0.3) is 0 Å². The molecule has 2 amide bonds. The topological polar surface area (TPSA) is 45.6 Å². The van der Waals surface area contributed by atoms with E-state index < -0.39 is 0 Å². The first kappa shape index (κ1) is 28.3. The van der Waals surface area contributed by atoms with Gasteiger partial charge in [-0.25, -0.2) is 4.39 Å². The van der Waals surface area contributed by atoms with Gasteiger partial charge in [0.05, 0.1) is 6.54 Å². The molecule has 206 valence electrons. The van der Waals surface area contributed by atoms with E-state index in [2.05, 4.69) is 18.4 Å². The van der Waals surface area contributed by atoms with Gasteiger partial charge in [-0.15, -0.1) is 0 Å². The summed E-state index contributed by atoms with van der Waals surface area (Å²) in [6.45, 7) is 5.80. The molecule has 0 N–H and O–H groups in total. The summed E-state index contributed by atoms with van der Waals surface area (Å²) >= 11 is 0. The molecule has 0 unspecified atom stereocenters. The van der Waals surface area contributed by atoms with E-state index in [1.807, 2.05) is 53.6 Å². The smallest absolute Gasteiger partial charge is 0.247 e. The summed E-state index contributed by atoms with van der Waals surface area (Å²) in [5, 5.41) is 0. The second-order valence-corrected chi connectivity index (χ2v) is 10.9. The molecule has 1 saturated carbocycles. The van der Waals surface area contributed by atoms with Gasteiger partial charge < -0.3 is 14.4 Å². The summed E-state index contributed by atoms with van der Waals surface area (Å²) in [7, 11) is 0. The maximum absolute atomic E-state index is 13.9. The molecule has 1 aliphatic rings. The molecule has 1 heterocycles. The predicted octanol–water partition coefficient (Wildman–Crippen LogP) is 6.53. The lowest BCUT2D eigenvalue weighted by Crippen LogP contribution is -2.48. The van der Waals surface area contributed by atoms with E-state index in [1.54, 1.807) is 29.2 Å². The fraction of sp³-hybridized carbons (Fsp3) is 0.394. The third-order valence-corrected chi connectivity index (χ3v) is 7.30. The van der Waals surface area contributed by atoms with Crippen molar-refractivity contribution in [3.05, 3.63) is 102 Å². The quantitative estimate of drug-likeness (QED) is 0.265. The fourth-order valence-corrected chi connectivity index (χ4v) is 5.29. The number of halogens is 1. The van der Waals surface area contributed by atoms with Crippen molar-refractivity contribution in [3.63, 3.8) is 0 Å². The van der Waals surface area contributed by atoms with Crippen molar-refractivity contribution in [2.75, 3.05) is 13.1 Å². The first-order valence-corrected chi connectivity index (χ1v) is 14.1. The molecule has 6 heteroatoms. The largest absolute Gasteiger partial charge is 0.345 e. The Kier molecular flexibility index (Phi) is 10.1. The molecule has 5 nitrogen and oxygen atoms in total. The Morgan fingerprint density at radius 3 is 2.38 bits per heavy atom. The summed E-state index contributed by atoms with van der Waals surface area (Å²) in [6.07, 6.45) is 10.8. The Bertz CT molecular complexity index is 1230. The highest BCUT2D eigenvalue weighted by molar-refractivity contribution is 5.94. The summed E-state index contributed by atoms with van der Waals surface area (Å²) in [5.74, 6) is -0.176. The number of amides is 2. The first-order chi connectivity index (χ1) is 18.9. The zero-order chi connectivity index (χ0) is 27.6. The van der Waals surface area contributed by atoms with Gasteiger partial charge in [-0.2, -0.15) is 0 Å². The second-order valence-electron chi connectivity index (χ2n) is 10.9. The van der Waals surface area contributed by atoms with Crippen LogP contribution in [0.4, 0.5) is 4.39 Å². The fourth-order valence-electron chi connectivity index (χ4n) is 5.29. The van der Waals surface area contributed by atoms with Gasteiger partial charge in [0.15, 0.2) is 0 Å². The standard InChI is InChI=1S/C33H40FN3O2/c1-26(2)22-36(32(38)20-17-27-10-5-3-6-11-27)25-33(39)37(30-12-7-4-8-13-30)24-31-14-9-21-35(31)23-28-15-18-29(34)19-16-28/h3,5-6,9-11,14-21,26,30H,4,7-8,12-13,22-25H2,1-2H3/b20-17+. The molecule has 1 fully saturated rings. The van der Waals surface area contributed by atoms with Crippen molar-refractivity contribution in [1.29, 1.82) is 0 Å². The molecule has 1 aromatic heterocycles. The molecule has 0 aliphatic heterocycles. The molecular formula is C33H40FN3O2. The zero-order valence-corrected chi connectivity index (χ0v) is 23.1. The average molecular weight is 530 g/mol. The van der Waals surface area contributed by atoms with Crippen LogP contribution in [-0.2, 0) is 22.7 Å². The van der Waals surface area contributed by atoms with Gasteiger partial charge in [0.1, 0.15) is 12.4 Å². The Hall–Kier alpha value is -3.67.